The van der Waals surface area contributed by atoms with Gasteiger partial charge in [0.1, 0.15) is 16.7 Å². The Bertz CT molecular complexity index is 1050. The third-order valence-corrected chi connectivity index (χ3v) is 5.39. The minimum Gasteiger partial charge on any atom is -0.324 e. The van der Waals surface area contributed by atoms with Gasteiger partial charge in [-0.2, -0.15) is 0 Å². The predicted molar refractivity (Wildman–Crippen MR) is 100 cm³/mol. The first-order valence-electron chi connectivity index (χ1n) is 7.74. The topological polar surface area (TPSA) is 66.9 Å². The highest BCUT2D eigenvalue weighted by molar-refractivity contribution is 7.71. The highest BCUT2D eigenvalue weighted by Crippen LogP contribution is 2.22. The number of carbonyl (C=O) groups excluding carboxylic acids is 1. The number of hydrogen-bond acceptors (Lipinski definition) is 4. The molecule has 2 N–H and O–H groups in total. The van der Waals surface area contributed by atoms with Crippen LogP contribution in [-0.2, 0) is 11.2 Å². The molecular weight excluding hydrogens is 361 g/mol. The zero-order chi connectivity index (χ0) is 18.1. The van der Waals surface area contributed by atoms with Crippen LogP contribution in [0.3, 0.4) is 0 Å². The first-order chi connectivity index (χ1) is 11.9. The molecule has 0 fully saturated rings. The maximum Gasteiger partial charge on any atom is 0.263 e. The first kappa shape index (κ1) is 17.5. The summed E-state index contributed by atoms with van der Waals surface area (Å²) in [6, 6.07) is 6.44. The lowest BCUT2D eigenvalue weighted by molar-refractivity contribution is -0.118. The van der Waals surface area contributed by atoms with Gasteiger partial charge in [0.15, 0.2) is 4.77 Å². The van der Waals surface area contributed by atoms with E-state index < -0.39 is 11.9 Å². The third-order valence-electron chi connectivity index (χ3n) is 3.90. The molecule has 0 spiro atoms. The summed E-state index contributed by atoms with van der Waals surface area (Å²) < 4.78 is 14.4. The molecule has 0 saturated carbocycles. The van der Waals surface area contributed by atoms with Crippen molar-refractivity contribution in [1.29, 1.82) is 0 Å². The van der Waals surface area contributed by atoms with E-state index in [-0.39, 0.29) is 16.1 Å². The van der Waals surface area contributed by atoms with Crippen LogP contribution in [0.15, 0.2) is 35.1 Å². The van der Waals surface area contributed by atoms with Gasteiger partial charge in [-0.25, -0.2) is 4.39 Å². The van der Waals surface area contributed by atoms with Crippen LogP contribution in [0.5, 0.6) is 0 Å². The summed E-state index contributed by atoms with van der Waals surface area (Å²) in [6.45, 7) is 3.61. The Kier molecular flexibility index (Phi) is 4.82. The van der Waals surface area contributed by atoms with E-state index in [1.54, 1.807) is 6.92 Å². The van der Waals surface area contributed by atoms with Crippen LogP contribution < -0.4 is 10.9 Å². The average Bonchev–Trinajstić information content (AvgIpc) is 3.00. The second kappa shape index (κ2) is 6.89. The van der Waals surface area contributed by atoms with Crippen LogP contribution in [0.25, 0.3) is 10.2 Å². The van der Waals surface area contributed by atoms with Crippen molar-refractivity contribution in [3.8, 4) is 0 Å². The van der Waals surface area contributed by atoms with E-state index in [1.807, 2.05) is 13.0 Å². The maximum absolute atomic E-state index is 13.0. The standard InChI is InChI=1S/C17H16FN3O2S2/c1-3-12-8-13-15(25-12)20-17(24)21(16(13)23)9(2)14(22)19-11-6-4-10(18)5-7-11/h4-9H,3H2,1-2H3,(H,19,22)(H,20,24). The molecule has 1 unspecified atom stereocenters. The number of H-pyrrole nitrogens is 1. The van der Waals surface area contributed by atoms with Crippen LogP contribution in [0, 0.1) is 10.6 Å². The number of rotatable bonds is 4. The number of carbonyl (C=O) groups is 1. The highest BCUT2D eigenvalue weighted by atomic mass is 32.1. The van der Waals surface area contributed by atoms with E-state index in [1.165, 1.54) is 40.2 Å². The summed E-state index contributed by atoms with van der Waals surface area (Å²) >= 11 is 6.76. The van der Waals surface area contributed by atoms with Gasteiger partial charge in [0.2, 0.25) is 5.91 Å². The second-order valence-electron chi connectivity index (χ2n) is 5.59. The van der Waals surface area contributed by atoms with Gasteiger partial charge < -0.3 is 10.3 Å². The second-order valence-corrected chi connectivity index (χ2v) is 7.11. The van der Waals surface area contributed by atoms with E-state index in [0.717, 1.165) is 11.3 Å². The fraction of sp³-hybridized carbons (Fsp3) is 0.235. The molecule has 0 aliphatic carbocycles. The van der Waals surface area contributed by atoms with Crippen molar-refractivity contribution in [1.82, 2.24) is 9.55 Å². The lowest BCUT2D eigenvalue weighted by Crippen LogP contribution is -2.32. The fourth-order valence-corrected chi connectivity index (χ4v) is 3.89. The van der Waals surface area contributed by atoms with Gasteiger partial charge in [-0.15, -0.1) is 11.3 Å². The Morgan fingerprint density at radius 1 is 1.40 bits per heavy atom. The van der Waals surface area contributed by atoms with Crippen molar-refractivity contribution < 1.29 is 9.18 Å². The van der Waals surface area contributed by atoms with Crippen LogP contribution >= 0.6 is 23.6 Å². The SMILES string of the molecule is CCc1cc2c(=O)n(C(C)C(=O)Nc3ccc(F)cc3)c(=S)[nH]c2s1. The summed E-state index contributed by atoms with van der Waals surface area (Å²) in [5.74, 6) is -0.794. The summed E-state index contributed by atoms with van der Waals surface area (Å²) in [4.78, 5) is 30.1. The van der Waals surface area contributed by atoms with Crippen LogP contribution in [0.2, 0.25) is 0 Å². The number of fused-ring (bicyclic) bond motifs is 1. The molecule has 2 aromatic heterocycles. The van der Waals surface area contributed by atoms with Crippen molar-refractivity contribution in [3.63, 3.8) is 0 Å². The number of nitrogens with one attached hydrogen (secondary N) is 2. The van der Waals surface area contributed by atoms with Crippen molar-refractivity contribution >= 4 is 45.4 Å². The molecule has 1 amide bonds. The number of benzene rings is 1. The number of aromatic amines is 1. The number of anilines is 1. The number of thiophene rings is 1. The molecule has 25 heavy (non-hydrogen) atoms. The number of aryl methyl sites for hydroxylation is 1. The maximum atomic E-state index is 13.0. The van der Waals surface area contributed by atoms with Crippen LogP contribution in [-0.4, -0.2) is 15.5 Å². The molecule has 5 nitrogen and oxygen atoms in total. The van der Waals surface area contributed by atoms with E-state index in [0.29, 0.717) is 15.9 Å². The Morgan fingerprint density at radius 3 is 2.72 bits per heavy atom. The molecule has 1 aromatic carbocycles. The van der Waals surface area contributed by atoms with E-state index in [9.17, 15) is 14.0 Å². The normalized spacial score (nSPS) is 12.3. The lowest BCUT2D eigenvalue weighted by Gasteiger charge is -2.15. The molecule has 2 heterocycles. The predicted octanol–water partition coefficient (Wildman–Crippen LogP) is 4.02. The van der Waals surface area contributed by atoms with E-state index in [2.05, 4.69) is 10.3 Å². The van der Waals surface area contributed by atoms with Gasteiger partial charge in [0.25, 0.3) is 5.56 Å². The first-order valence-corrected chi connectivity index (χ1v) is 8.97. The molecule has 0 bridgehead atoms. The largest absolute Gasteiger partial charge is 0.324 e. The number of hydrogen-bond donors (Lipinski definition) is 2. The van der Waals surface area contributed by atoms with Crippen molar-refractivity contribution in [2.45, 2.75) is 26.3 Å². The minimum atomic E-state index is -0.810. The molecule has 0 saturated heterocycles. The average molecular weight is 377 g/mol. The molecule has 1 atom stereocenters. The summed E-state index contributed by atoms with van der Waals surface area (Å²) in [7, 11) is 0. The Labute approximate surface area is 152 Å². The molecule has 130 valence electrons. The molecule has 3 rings (SSSR count). The molecular formula is C17H16FN3O2S2. The quantitative estimate of drug-likeness (QED) is 0.675. The molecule has 0 aliphatic rings. The van der Waals surface area contributed by atoms with Crippen molar-refractivity contribution in [2.75, 3.05) is 5.32 Å². The van der Waals surface area contributed by atoms with Crippen molar-refractivity contribution in [3.05, 3.63) is 56.2 Å². The Morgan fingerprint density at radius 2 is 2.08 bits per heavy atom. The Hall–Kier alpha value is -2.32. The number of amides is 1. The van der Waals surface area contributed by atoms with E-state index in [4.69, 9.17) is 12.2 Å². The zero-order valence-electron chi connectivity index (χ0n) is 13.6. The lowest BCUT2D eigenvalue weighted by atomic mass is 10.2. The van der Waals surface area contributed by atoms with Crippen LogP contribution in [0.1, 0.15) is 24.8 Å². The van der Waals surface area contributed by atoms with Gasteiger partial charge >= 0.3 is 0 Å². The number of aromatic nitrogens is 2. The fourth-order valence-electron chi connectivity index (χ4n) is 2.50. The molecule has 3 aromatic rings. The minimum absolute atomic E-state index is 0.198. The van der Waals surface area contributed by atoms with Gasteiger partial charge in [0.05, 0.1) is 5.39 Å². The summed E-state index contributed by atoms with van der Waals surface area (Å²) in [6.07, 6.45) is 0.819. The molecule has 0 radical (unpaired) electrons. The number of nitrogens with zero attached hydrogens (tertiary/aromatic N) is 1. The highest BCUT2D eigenvalue weighted by Gasteiger charge is 2.20. The summed E-state index contributed by atoms with van der Waals surface area (Å²) in [5, 5.41) is 3.19. The van der Waals surface area contributed by atoms with Gasteiger partial charge in [-0.05, 0) is 55.9 Å². The monoisotopic (exact) mass is 377 g/mol. The number of halogens is 1. The van der Waals surface area contributed by atoms with E-state index >= 15 is 0 Å². The molecule has 0 aliphatic heterocycles. The van der Waals surface area contributed by atoms with Gasteiger partial charge in [-0.3, -0.25) is 14.2 Å². The van der Waals surface area contributed by atoms with Gasteiger partial charge in [-0.1, -0.05) is 6.92 Å². The summed E-state index contributed by atoms with van der Waals surface area (Å²) in [5.41, 5.74) is 0.155. The smallest absolute Gasteiger partial charge is 0.263 e. The van der Waals surface area contributed by atoms with Gasteiger partial charge in [0, 0.05) is 10.6 Å². The van der Waals surface area contributed by atoms with Crippen molar-refractivity contribution in [2.24, 2.45) is 0 Å². The third kappa shape index (κ3) is 3.40. The van der Waals surface area contributed by atoms with Crippen LogP contribution in [0.4, 0.5) is 10.1 Å². The zero-order valence-corrected chi connectivity index (χ0v) is 15.3. The molecule has 8 heteroatoms. The Balaban J connectivity index is 1.97.